The molecule has 0 aromatic carbocycles. The summed E-state index contributed by atoms with van der Waals surface area (Å²) in [5, 5.41) is 0. The zero-order chi connectivity index (χ0) is 33.9. The van der Waals surface area contributed by atoms with E-state index < -0.39 is 0 Å². The van der Waals surface area contributed by atoms with Crippen molar-refractivity contribution in [3.63, 3.8) is 0 Å². The maximum Gasteiger partial charge on any atom is 0.409 e. The maximum absolute atomic E-state index is 13.1. The number of unbranched alkanes of at least 4 members (excludes halogenated alkanes) is 18. The highest BCUT2D eigenvalue weighted by Crippen LogP contribution is 2.16. The summed E-state index contributed by atoms with van der Waals surface area (Å²) in [5.74, 6) is 0. The number of hydrogen-bond donors (Lipinski definition) is 0. The molecular weight excluding hydrogens is 576 g/mol. The van der Waals surface area contributed by atoms with Gasteiger partial charge in [-0.15, -0.1) is 0 Å². The van der Waals surface area contributed by atoms with Gasteiger partial charge in [-0.2, -0.15) is 0 Å². The van der Waals surface area contributed by atoms with Crippen molar-refractivity contribution in [2.75, 3.05) is 33.3 Å². The van der Waals surface area contributed by atoms with Crippen molar-refractivity contribution < 1.29 is 9.53 Å². The molecule has 0 radical (unpaired) electrons. The predicted molar refractivity (Wildman–Crippen MR) is 207 cm³/mol. The van der Waals surface area contributed by atoms with E-state index in [0.717, 1.165) is 51.7 Å². The highest BCUT2D eigenvalue weighted by molar-refractivity contribution is 5.67. The smallest absolute Gasteiger partial charge is 0.409 e. The average Bonchev–Trinajstić information content (AvgIpc) is 3.49. The van der Waals surface area contributed by atoms with Gasteiger partial charge in [-0.25, -0.2) is 4.79 Å². The number of rotatable bonds is 32. The second-order valence-corrected chi connectivity index (χ2v) is 14.0. The number of carbonyl (C=O) groups excluding carboxylic acids is 1. The fraction of sp³-hybridized carbons (Fsp3) is 0.791. The summed E-state index contributed by atoms with van der Waals surface area (Å²) < 4.78 is 5.84. The first-order chi connectivity index (χ1) is 23.2. The normalized spacial score (nSPS) is 15.8. The van der Waals surface area contributed by atoms with E-state index in [2.05, 4.69) is 74.4 Å². The van der Waals surface area contributed by atoms with Crippen molar-refractivity contribution in [3.8, 4) is 0 Å². The van der Waals surface area contributed by atoms with Crippen LogP contribution in [0.4, 0.5) is 4.79 Å². The van der Waals surface area contributed by atoms with Crippen molar-refractivity contribution >= 4 is 6.09 Å². The second kappa shape index (κ2) is 34.1. The van der Waals surface area contributed by atoms with Crippen LogP contribution in [-0.2, 0) is 4.74 Å². The zero-order valence-electron chi connectivity index (χ0n) is 31.6. The van der Waals surface area contributed by atoms with Crippen molar-refractivity contribution in [2.24, 2.45) is 0 Å². The van der Waals surface area contributed by atoms with Gasteiger partial charge >= 0.3 is 6.09 Å². The molecule has 1 amide bonds. The monoisotopic (exact) mass is 655 g/mol. The van der Waals surface area contributed by atoms with Gasteiger partial charge in [-0.3, -0.25) is 0 Å². The highest BCUT2D eigenvalue weighted by atomic mass is 16.6. The minimum atomic E-state index is -0.0875. The van der Waals surface area contributed by atoms with Crippen LogP contribution in [0.2, 0.25) is 0 Å². The van der Waals surface area contributed by atoms with Crippen LogP contribution in [-0.4, -0.2) is 55.2 Å². The quantitative estimate of drug-likeness (QED) is 0.0534. The molecule has 1 rings (SSSR count). The van der Waals surface area contributed by atoms with Crippen LogP contribution in [0.5, 0.6) is 0 Å². The van der Waals surface area contributed by atoms with Crippen LogP contribution >= 0.6 is 0 Å². The molecule has 0 aromatic heterocycles. The molecule has 0 aliphatic carbocycles. The van der Waals surface area contributed by atoms with Gasteiger partial charge in [-0.05, 0) is 103 Å². The van der Waals surface area contributed by atoms with E-state index in [1.165, 1.54) is 135 Å². The number of hydrogen-bond acceptors (Lipinski definition) is 3. The first-order valence-electron chi connectivity index (χ1n) is 20.4. The first kappa shape index (κ1) is 43.2. The van der Waals surface area contributed by atoms with E-state index >= 15 is 0 Å². The lowest BCUT2D eigenvalue weighted by atomic mass is 10.1. The molecule has 1 fully saturated rings. The Morgan fingerprint density at radius 1 is 0.596 bits per heavy atom. The third-order valence-corrected chi connectivity index (χ3v) is 9.59. The number of carbonyl (C=O) groups is 1. The third kappa shape index (κ3) is 27.8. The van der Waals surface area contributed by atoms with E-state index in [4.69, 9.17) is 4.74 Å². The molecule has 1 aliphatic rings. The van der Waals surface area contributed by atoms with Gasteiger partial charge in [0.25, 0.3) is 0 Å². The summed E-state index contributed by atoms with van der Waals surface area (Å²) in [5.41, 5.74) is 0. The summed E-state index contributed by atoms with van der Waals surface area (Å²) in [6, 6.07) is 0.393. The summed E-state index contributed by atoms with van der Waals surface area (Å²) in [6.07, 6.45) is 50.8. The molecule has 4 heteroatoms. The first-order valence-corrected chi connectivity index (χ1v) is 20.4. The van der Waals surface area contributed by atoms with Crippen molar-refractivity contribution in [1.82, 2.24) is 9.80 Å². The fourth-order valence-electron chi connectivity index (χ4n) is 6.32. The minimum Gasteiger partial charge on any atom is -0.448 e. The van der Waals surface area contributed by atoms with Gasteiger partial charge in [0, 0.05) is 19.1 Å². The van der Waals surface area contributed by atoms with E-state index in [9.17, 15) is 4.79 Å². The average molecular weight is 655 g/mol. The molecule has 1 heterocycles. The predicted octanol–water partition coefficient (Wildman–Crippen LogP) is 13.1. The third-order valence-electron chi connectivity index (χ3n) is 9.59. The number of likely N-dealkylation sites (N-methyl/N-ethyl adjacent to an activating group) is 1. The highest BCUT2D eigenvalue weighted by Gasteiger charge is 2.23. The molecule has 0 spiro atoms. The largest absolute Gasteiger partial charge is 0.448 e. The Labute approximate surface area is 293 Å². The lowest BCUT2D eigenvalue weighted by Gasteiger charge is -2.25. The Morgan fingerprint density at radius 3 is 1.40 bits per heavy atom. The van der Waals surface area contributed by atoms with Crippen LogP contribution in [0.1, 0.15) is 181 Å². The molecule has 0 aromatic rings. The van der Waals surface area contributed by atoms with Crippen LogP contribution in [0.25, 0.3) is 0 Å². The lowest BCUT2D eigenvalue weighted by Crippen LogP contribution is -2.37. The van der Waals surface area contributed by atoms with E-state index in [1.807, 2.05) is 4.90 Å². The number of nitrogens with zero attached hydrogens (tertiary/aromatic N) is 2. The molecule has 0 bridgehead atoms. The minimum absolute atomic E-state index is 0.0875. The fourth-order valence-corrected chi connectivity index (χ4v) is 6.32. The maximum atomic E-state index is 13.1. The van der Waals surface area contributed by atoms with Gasteiger partial charge in [0.05, 0.1) is 0 Å². The Balaban J connectivity index is 2.16. The zero-order valence-corrected chi connectivity index (χ0v) is 31.6. The molecule has 0 saturated carbocycles. The Kier molecular flexibility index (Phi) is 31.3. The van der Waals surface area contributed by atoms with E-state index in [0.29, 0.717) is 12.6 Å². The standard InChI is InChI=1S/C43H78N2O2/c1-4-6-8-10-12-14-16-18-20-22-24-26-28-30-32-34-39-45(43(46)47-41-42-37-36-38-44(42)3)40-35-33-31-29-27-25-23-21-19-17-15-13-11-9-7-5-2/h12-15,18-21,42H,4-11,16-17,22-41H2,1-3H3. The van der Waals surface area contributed by atoms with Crippen LogP contribution in [0.15, 0.2) is 48.6 Å². The van der Waals surface area contributed by atoms with Gasteiger partial charge in [-0.1, -0.05) is 140 Å². The molecule has 1 unspecified atom stereocenters. The summed E-state index contributed by atoms with van der Waals surface area (Å²) >= 11 is 0. The summed E-state index contributed by atoms with van der Waals surface area (Å²) in [4.78, 5) is 17.4. The Morgan fingerprint density at radius 2 is 1.00 bits per heavy atom. The molecule has 1 aliphatic heterocycles. The molecule has 47 heavy (non-hydrogen) atoms. The van der Waals surface area contributed by atoms with E-state index in [1.54, 1.807) is 0 Å². The Hall–Kier alpha value is -1.81. The van der Waals surface area contributed by atoms with Crippen LogP contribution < -0.4 is 0 Å². The van der Waals surface area contributed by atoms with Crippen LogP contribution in [0.3, 0.4) is 0 Å². The molecule has 4 nitrogen and oxygen atoms in total. The van der Waals surface area contributed by atoms with Gasteiger partial charge in [0.15, 0.2) is 0 Å². The molecule has 272 valence electrons. The van der Waals surface area contributed by atoms with Crippen LogP contribution in [0, 0.1) is 0 Å². The summed E-state index contributed by atoms with van der Waals surface area (Å²) in [7, 11) is 2.15. The molecule has 1 saturated heterocycles. The number of amides is 1. The Bertz CT molecular complexity index is 754. The van der Waals surface area contributed by atoms with Gasteiger partial charge < -0.3 is 14.5 Å². The van der Waals surface area contributed by atoms with E-state index in [-0.39, 0.29) is 6.09 Å². The topological polar surface area (TPSA) is 32.8 Å². The number of allylic oxidation sites excluding steroid dienone is 8. The van der Waals surface area contributed by atoms with Crippen molar-refractivity contribution in [1.29, 1.82) is 0 Å². The van der Waals surface area contributed by atoms with Gasteiger partial charge in [0.2, 0.25) is 0 Å². The molecule has 1 atom stereocenters. The molecular formula is C43H78N2O2. The SMILES string of the molecule is CCCCCC=CCC=CCCCCCCCCN(CCCCCCCCC=CCC=CCCCCC)C(=O)OCC1CCCN1C. The lowest BCUT2D eigenvalue weighted by molar-refractivity contribution is 0.0796. The second-order valence-electron chi connectivity index (χ2n) is 14.0. The van der Waals surface area contributed by atoms with Crippen molar-refractivity contribution in [2.45, 2.75) is 187 Å². The number of ether oxygens (including phenoxy) is 1. The van der Waals surface area contributed by atoms with Gasteiger partial charge in [0.1, 0.15) is 6.61 Å². The van der Waals surface area contributed by atoms with Crippen molar-refractivity contribution in [3.05, 3.63) is 48.6 Å². The molecule has 0 N–H and O–H groups in total. The summed E-state index contributed by atoms with van der Waals surface area (Å²) in [6.45, 7) is 7.86. The number of likely N-dealkylation sites (tertiary alicyclic amines) is 1.